The molecule has 2 aromatic carbocycles. The second-order valence-corrected chi connectivity index (χ2v) is 9.99. The molecule has 0 saturated carbocycles. The van der Waals surface area contributed by atoms with E-state index in [4.69, 9.17) is 0 Å². The number of para-hydroxylation sites is 1. The van der Waals surface area contributed by atoms with Gasteiger partial charge in [0.15, 0.2) is 9.84 Å². The molecule has 1 fully saturated rings. The molecule has 1 aliphatic heterocycles. The Bertz CT molecular complexity index is 980. The zero-order valence-electron chi connectivity index (χ0n) is 17.5. The van der Waals surface area contributed by atoms with E-state index in [0.717, 1.165) is 25.9 Å². The van der Waals surface area contributed by atoms with Crippen LogP contribution in [0.4, 0.5) is 5.69 Å². The molecule has 0 N–H and O–H groups in total. The average molecular weight is 429 g/mol. The number of sulfone groups is 1. The van der Waals surface area contributed by atoms with E-state index >= 15 is 0 Å². The first-order chi connectivity index (χ1) is 14.3. The number of hydrogen-bond acceptors (Lipinski definition) is 4. The first-order valence-electron chi connectivity index (χ1n) is 10.2. The molecule has 0 bridgehead atoms. The van der Waals surface area contributed by atoms with Crippen LogP contribution in [0.5, 0.6) is 0 Å². The smallest absolute Gasteiger partial charge is 0.253 e. The maximum absolute atomic E-state index is 12.8. The Balaban J connectivity index is 1.67. The Kier molecular flexibility index (Phi) is 6.92. The van der Waals surface area contributed by atoms with E-state index in [1.165, 1.54) is 4.90 Å². The summed E-state index contributed by atoms with van der Waals surface area (Å²) >= 11 is 0. The van der Waals surface area contributed by atoms with E-state index < -0.39 is 21.5 Å². The summed E-state index contributed by atoms with van der Waals surface area (Å²) in [5.74, 6) is -1.27. The Morgan fingerprint density at radius 2 is 1.57 bits per heavy atom. The molecule has 0 radical (unpaired) electrons. The highest BCUT2D eigenvalue weighted by Gasteiger charge is 2.25. The van der Waals surface area contributed by atoms with E-state index in [2.05, 4.69) is 0 Å². The normalized spacial score (nSPS) is 14.2. The third-order valence-electron chi connectivity index (χ3n) is 5.14. The molecule has 30 heavy (non-hydrogen) atoms. The summed E-state index contributed by atoms with van der Waals surface area (Å²) in [6, 6.07) is 15.5. The van der Waals surface area contributed by atoms with Crippen molar-refractivity contribution in [2.24, 2.45) is 0 Å². The minimum absolute atomic E-state index is 0.0208. The molecule has 3 rings (SSSR count). The first kappa shape index (κ1) is 22.0. The van der Waals surface area contributed by atoms with Gasteiger partial charge in [-0.3, -0.25) is 9.59 Å². The standard InChI is InChI=1S/C23H28N2O4S/c1-18(2)25(21-8-4-3-5-9-21)22(26)17-30(28,29)16-19-10-12-20(13-11-19)23(27)24-14-6-7-15-24/h3-5,8-13,18H,6-7,14-17H2,1-2H3. The number of amides is 2. The number of hydrogen-bond donors (Lipinski definition) is 0. The van der Waals surface area contributed by atoms with Gasteiger partial charge in [0.2, 0.25) is 5.91 Å². The fourth-order valence-corrected chi connectivity index (χ4v) is 5.05. The van der Waals surface area contributed by atoms with Crippen LogP contribution in [0, 0.1) is 0 Å². The Labute approximate surface area is 178 Å². The predicted molar refractivity (Wildman–Crippen MR) is 118 cm³/mol. The van der Waals surface area contributed by atoms with Gasteiger partial charge in [0.05, 0.1) is 5.75 Å². The molecule has 0 atom stereocenters. The minimum atomic E-state index is -3.66. The van der Waals surface area contributed by atoms with Crippen molar-refractivity contribution < 1.29 is 18.0 Å². The molecule has 1 saturated heterocycles. The SMILES string of the molecule is CC(C)N(C(=O)CS(=O)(=O)Cc1ccc(C(=O)N2CCCC2)cc1)c1ccccc1. The fourth-order valence-electron chi connectivity index (χ4n) is 3.73. The highest BCUT2D eigenvalue weighted by atomic mass is 32.2. The molecule has 0 spiro atoms. The summed E-state index contributed by atoms with van der Waals surface area (Å²) in [7, 11) is -3.66. The van der Waals surface area contributed by atoms with E-state index in [9.17, 15) is 18.0 Å². The molecular weight excluding hydrogens is 400 g/mol. The van der Waals surface area contributed by atoms with Gasteiger partial charge in [-0.15, -0.1) is 0 Å². The highest BCUT2D eigenvalue weighted by molar-refractivity contribution is 7.91. The number of carbonyl (C=O) groups is 2. The van der Waals surface area contributed by atoms with Gasteiger partial charge < -0.3 is 9.80 Å². The van der Waals surface area contributed by atoms with E-state index in [-0.39, 0.29) is 17.7 Å². The van der Waals surface area contributed by atoms with Crippen molar-refractivity contribution in [3.05, 3.63) is 65.7 Å². The number of carbonyl (C=O) groups excluding carboxylic acids is 2. The summed E-state index contributed by atoms with van der Waals surface area (Å²) in [4.78, 5) is 28.5. The lowest BCUT2D eigenvalue weighted by atomic mass is 10.1. The Morgan fingerprint density at radius 1 is 0.967 bits per heavy atom. The van der Waals surface area contributed by atoms with Crippen LogP contribution >= 0.6 is 0 Å². The molecule has 160 valence electrons. The molecule has 0 aromatic heterocycles. The van der Waals surface area contributed by atoms with Crippen molar-refractivity contribution in [1.82, 2.24) is 4.90 Å². The van der Waals surface area contributed by atoms with Crippen LogP contribution < -0.4 is 4.90 Å². The van der Waals surface area contributed by atoms with Crippen molar-refractivity contribution in [1.29, 1.82) is 0 Å². The van der Waals surface area contributed by atoms with Gasteiger partial charge in [0.25, 0.3) is 5.91 Å². The fraction of sp³-hybridized carbons (Fsp3) is 0.391. The lowest BCUT2D eigenvalue weighted by Gasteiger charge is -2.26. The number of nitrogens with zero attached hydrogens (tertiary/aromatic N) is 2. The summed E-state index contributed by atoms with van der Waals surface area (Å²) in [5.41, 5.74) is 1.80. The van der Waals surface area contributed by atoms with Crippen molar-refractivity contribution >= 4 is 27.3 Å². The van der Waals surface area contributed by atoms with Crippen molar-refractivity contribution in [3.63, 3.8) is 0 Å². The van der Waals surface area contributed by atoms with Crippen molar-refractivity contribution in [3.8, 4) is 0 Å². The molecule has 0 unspecified atom stereocenters. The Morgan fingerprint density at radius 3 is 2.13 bits per heavy atom. The second-order valence-electron chi connectivity index (χ2n) is 7.92. The average Bonchev–Trinajstić information content (AvgIpc) is 3.22. The number of likely N-dealkylation sites (tertiary alicyclic amines) is 1. The second kappa shape index (κ2) is 9.43. The molecule has 0 aliphatic carbocycles. The molecule has 7 heteroatoms. The van der Waals surface area contributed by atoms with Gasteiger partial charge in [0.1, 0.15) is 5.75 Å². The third kappa shape index (κ3) is 5.48. The topological polar surface area (TPSA) is 74.8 Å². The maximum atomic E-state index is 12.8. The van der Waals surface area contributed by atoms with E-state index in [1.807, 2.05) is 36.9 Å². The van der Waals surface area contributed by atoms with E-state index in [1.54, 1.807) is 36.4 Å². The van der Waals surface area contributed by atoms with Gasteiger partial charge in [-0.2, -0.15) is 0 Å². The van der Waals surface area contributed by atoms with Crippen LogP contribution in [0.1, 0.15) is 42.6 Å². The van der Waals surface area contributed by atoms with Crippen LogP contribution in [0.25, 0.3) is 0 Å². The molecule has 2 aromatic rings. The predicted octanol–water partition coefficient (Wildman–Crippen LogP) is 3.28. The van der Waals surface area contributed by atoms with Crippen LogP contribution in [0.3, 0.4) is 0 Å². The highest BCUT2D eigenvalue weighted by Crippen LogP contribution is 2.19. The first-order valence-corrected chi connectivity index (χ1v) is 12.0. The number of rotatable bonds is 7. The van der Waals surface area contributed by atoms with Crippen LogP contribution in [0.2, 0.25) is 0 Å². The van der Waals surface area contributed by atoms with Gasteiger partial charge in [-0.25, -0.2) is 8.42 Å². The zero-order valence-corrected chi connectivity index (χ0v) is 18.3. The van der Waals surface area contributed by atoms with E-state index in [0.29, 0.717) is 16.8 Å². The lowest BCUT2D eigenvalue weighted by Crippen LogP contribution is -2.40. The van der Waals surface area contributed by atoms with Crippen LogP contribution in [0.15, 0.2) is 54.6 Å². The maximum Gasteiger partial charge on any atom is 0.253 e. The lowest BCUT2D eigenvalue weighted by molar-refractivity contribution is -0.116. The van der Waals surface area contributed by atoms with Gasteiger partial charge in [-0.1, -0.05) is 30.3 Å². The molecule has 2 amide bonds. The molecule has 1 heterocycles. The summed E-state index contributed by atoms with van der Waals surface area (Å²) < 4.78 is 25.3. The summed E-state index contributed by atoms with van der Waals surface area (Å²) in [6.45, 7) is 5.25. The van der Waals surface area contributed by atoms with Crippen molar-refractivity contribution in [2.45, 2.75) is 38.5 Å². The van der Waals surface area contributed by atoms with Gasteiger partial charge in [-0.05, 0) is 56.5 Å². The van der Waals surface area contributed by atoms with Gasteiger partial charge >= 0.3 is 0 Å². The quantitative estimate of drug-likeness (QED) is 0.678. The van der Waals surface area contributed by atoms with Crippen molar-refractivity contribution in [2.75, 3.05) is 23.7 Å². The number of benzene rings is 2. The molecule has 1 aliphatic rings. The summed E-state index contributed by atoms with van der Waals surface area (Å²) in [6.07, 6.45) is 2.04. The number of anilines is 1. The zero-order chi connectivity index (χ0) is 21.7. The largest absolute Gasteiger partial charge is 0.339 e. The van der Waals surface area contributed by atoms with Crippen LogP contribution in [-0.4, -0.2) is 50.0 Å². The molecular formula is C23H28N2O4S. The minimum Gasteiger partial charge on any atom is -0.339 e. The Hall–Kier alpha value is -2.67. The monoisotopic (exact) mass is 428 g/mol. The molecule has 6 nitrogen and oxygen atoms in total. The van der Waals surface area contributed by atoms with Gasteiger partial charge in [0, 0.05) is 30.4 Å². The summed E-state index contributed by atoms with van der Waals surface area (Å²) in [5, 5.41) is 0. The van der Waals surface area contributed by atoms with Crippen LogP contribution in [-0.2, 0) is 20.4 Å². The third-order valence-corrected chi connectivity index (χ3v) is 6.60.